The van der Waals surface area contributed by atoms with E-state index in [1.807, 2.05) is 24.3 Å². The van der Waals surface area contributed by atoms with Crippen LogP contribution in [0.1, 0.15) is 134 Å². The van der Waals surface area contributed by atoms with Gasteiger partial charge >= 0.3 is 0 Å². The summed E-state index contributed by atoms with van der Waals surface area (Å²) in [5.74, 6) is 0.429. The van der Waals surface area contributed by atoms with Crippen molar-refractivity contribution in [2.24, 2.45) is 0 Å². The molecule has 0 atom stereocenters. The topological polar surface area (TPSA) is 96.9 Å². The molecular formula is C48H52N4O2Zn-4. The molecule has 0 unspecified atom stereocenters. The number of hydrogen-bond donors (Lipinski definition) is 2. The minimum atomic E-state index is 0. The van der Waals surface area contributed by atoms with Crippen molar-refractivity contribution in [1.82, 2.24) is 19.9 Å². The van der Waals surface area contributed by atoms with Gasteiger partial charge in [0.2, 0.25) is 0 Å². The first-order chi connectivity index (χ1) is 26.2. The van der Waals surface area contributed by atoms with Gasteiger partial charge in [0.15, 0.2) is 0 Å². The Balaban J connectivity index is 0.00000514. The van der Waals surface area contributed by atoms with Crippen molar-refractivity contribution in [1.29, 1.82) is 0 Å². The summed E-state index contributed by atoms with van der Waals surface area (Å²) in [5, 5.41) is 25.4. The molecule has 5 heterocycles. The minimum Gasteiger partial charge on any atom is -0.657 e. The molecule has 0 saturated heterocycles. The molecule has 0 radical (unpaired) electrons. The van der Waals surface area contributed by atoms with Gasteiger partial charge in [-0.15, -0.1) is 44.2 Å². The SMILES string of the molecule is CCc1c2[n-]c(c1CC)/C(c1cccc(O)c1)=c1\[n-]/c(c(CC)c1CC)=C\c1[n-]c(c(CC)c1CC)/C(c1cccc(O)c1)=c1\[n-]/c(c(CC)c1CC)=C\2.[Zn]. The van der Waals surface area contributed by atoms with Crippen LogP contribution in [0.25, 0.3) is 23.3 Å². The van der Waals surface area contributed by atoms with E-state index in [2.05, 4.69) is 79.7 Å². The number of benzene rings is 2. The van der Waals surface area contributed by atoms with E-state index >= 15 is 0 Å². The van der Waals surface area contributed by atoms with Gasteiger partial charge < -0.3 is 30.1 Å². The molecule has 8 bridgehead atoms. The molecule has 7 heteroatoms. The summed E-state index contributed by atoms with van der Waals surface area (Å²) in [6.45, 7) is 17.7. The first-order valence-electron chi connectivity index (χ1n) is 20.0. The number of hydrogen-bond acceptors (Lipinski definition) is 2. The molecule has 0 aliphatic carbocycles. The van der Waals surface area contributed by atoms with Crippen molar-refractivity contribution in [2.75, 3.05) is 0 Å². The Morgan fingerprint density at radius 3 is 1.07 bits per heavy atom. The van der Waals surface area contributed by atoms with Gasteiger partial charge in [0.25, 0.3) is 0 Å². The van der Waals surface area contributed by atoms with Gasteiger partial charge in [0.1, 0.15) is 11.5 Å². The van der Waals surface area contributed by atoms with Gasteiger partial charge in [-0.3, -0.25) is 0 Å². The summed E-state index contributed by atoms with van der Waals surface area (Å²) in [7, 11) is 0. The fourth-order valence-electron chi connectivity index (χ4n) is 8.97. The third-order valence-corrected chi connectivity index (χ3v) is 11.4. The number of phenols is 2. The van der Waals surface area contributed by atoms with Gasteiger partial charge in [-0.2, -0.15) is 0 Å². The van der Waals surface area contributed by atoms with Crippen molar-refractivity contribution in [3.8, 4) is 11.5 Å². The third-order valence-electron chi connectivity index (χ3n) is 11.4. The van der Waals surface area contributed by atoms with E-state index in [-0.39, 0.29) is 31.0 Å². The Hall–Kier alpha value is -4.74. The molecule has 0 amide bonds. The quantitative estimate of drug-likeness (QED) is 0.168. The number of aromatic nitrogens is 4. The fraction of sp³-hybridized carbons (Fsp3) is 0.333. The molecule has 4 aromatic heterocycles. The predicted molar refractivity (Wildman–Crippen MR) is 219 cm³/mol. The zero-order chi connectivity index (χ0) is 38.3. The van der Waals surface area contributed by atoms with E-state index in [0.717, 1.165) is 118 Å². The number of phenolic OH excluding ortho intramolecular Hbond substituents is 2. The second-order valence-corrected chi connectivity index (χ2v) is 14.2. The van der Waals surface area contributed by atoms with Crippen LogP contribution in [0, 0.1) is 0 Å². The predicted octanol–water partition coefficient (Wildman–Crippen LogP) is 5.89. The van der Waals surface area contributed by atoms with Crippen LogP contribution in [0.2, 0.25) is 0 Å². The van der Waals surface area contributed by atoms with Crippen LogP contribution in [-0.2, 0) is 70.8 Å². The van der Waals surface area contributed by atoms with Crippen LogP contribution in [-0.4, -0.2) is 10.2 Å². The van der Waals surface area contributed by atoms with E-state index in [4.69, 9.17) is 19.9 Å². The van der Waals surface area contributed by atoms with Crippen molar-refractivity contribution >= 4 is 23.3 Å². The molecule has 6 aromatic rings. The Bertz CT molecular complexity index is 2450. The molecular weight excluding hydrogens is 730 g/mol. The number of aromatic hydroxyl groups is 2. The van der Waals surface area contributed by atoms with Crippen molar-refractivity contribution in [2.45, 2.75) is 107 Å². The molecule has 2 aromatic carbocycles. The number of rotatable bonds is 10. The summed E-state index contributed by atoms with van der Waals surface area (Å²) >= 11 is 0. The standard InChI is InChI=1S/C48H52N4O2.Zn/c1-9-31-35(13-5)45-43(27-19-17-21-29(53)23-27)46-37(15-7)33(11-3)41(51-46)26-42-34(12-4)38(16-8)48(52-42)44(28-20-18-22-30(54)24-28)47-36(14-6)32(10-2)40(50-47)25-39(31)49-45;/h17-26,53-54H,9-16H2,1-8H3;/q-4;/b39-25-,40-25?,41-26?,42-26-,45-43-,46-43?,47-44?,48-44-;. The Kier molecular flexibility index (Phi) is 12.0. The third kappa shape index (κ3) is 6.79. The van der Waals surface area contributed by atoms with Crippen molar-refractivity contribution < 1.29 is 29.7 Å². The second-order valence-electron chi connectivity index (χ2n) is 14.2. The summed E-state index contributed by atoms with van der Waals surface area (Å²) in [6.07, 6.45) is 10.9. The Morgan fingerprint density at radius 1 is 0.418 bits per heavy atom. The van der Waals surface area contributed by atoms with Gasteiger partial charge in [-0.05, 0) is 97.9 Å². The smallest absolute Gasteiger partial charge is 0.116 e. The molecule has 7 rings (SSSR count). The average Bonchev–Trinajstić information content (AvgIpc) is 3.91. The van der Waals surface area contributed by atoms with Crippen molar-refractivity contribution in [3.05, 3.63) is 148 Å². The van der Waals surface area contributed by atoms with Crippen LogP contribution in [0.15, 0.2) is 48.5 Å². The molecule has 282 valence electrons. The number of nitrogens with zero attached hydrogens (tertiary/aromatic N) is 4. The van der Waals surface area contributed by atoms with Gasteiger partial charge in [0, 0.05) is 19.5 Å². The van der Waals surface area contributed by atoms with E-state index in [1.165, 1.54) is 44.5 Å². The first-order valence-corrected chi connectivity index (χ1v) is 20.0. The van der Waals surface area contributed by atoms with Gasteiger partial charge in [0.05, 0.1) is 0 Å². The monoisotopic (exact) mass is 780 g/mol. The second kappa shape index (κ2) is 16.6. The molecule has 0 fully saturated rings. The molecule has 0 spiro atoms. The van der Waals surface area contributed by atoms with Crippen LogP contribution in [0.3, 0.4) is 0 Å². The minimum absolute atomic E-state index is 0. The van der Waals surface area contributed by atoms with Crippen LogP contribution >= 0.6 is 0 Å². The molecule has 1 aliphatic heterocycles. The summed E-state index contributed by atoms with van der Waals surface area (Å²) in [4.78, 5) is 22.1. The zero-order valence-corrected chi connectivity index (χ0v) is 36.8. The average molecular weight is 782 g/mol. The van der Waals surface area contributed by atoms with Gasteiger partial charge in [-0.25, -0.2) is 0 Å². The van der Waals surface area contributed by atoms with Crippen LogP contribution in [0.5, 0.6) is 11.5 Å². The van der Waals surface area contributed by atoms with E-state index in [0.29, 0.717) is 0 Å². The van der Waals surface area contributed by atoms with Gasteiger partial charge in [-0.1, -0.05) is 136 Å². The van der Waals surface area contributed by atoms with Crippen LogP contribution in [0.4, 0.5) is 0 Å². The maximum Gasteiger partial charge on any atom is 0.116 e. The summed E-state index contributed by atoms with van der Waals surface area (Å²) in [6, 6.07) is 15.1. The molecule has 2 N–H and O–H groups in total. The molecule has 6 nitrogen and oxygen atoms in total. The van der Waals surface area contributed by atoms with E-state index in [1.54, 1.807) is 12.1 Å². The van der Waals surface area contributed by atoms with E-state index < -0.39 is 0 Å². The van der Waals surface area contributed by atoms with E-state index in [9.17, 15) is 10.2 Å². The fourth-order valence-corrected chi connectivity index (χ4v) is 8.97. The Morgan fingerprint density at radius 2 is 0.764 bits per heavy atom. The van der Waals surface area contributed by atoms with Crippen molar-refractivity contribution in [3.63, 3.8) is 0 Å². The summed E-state index contributed by atoms with van der Waals surface area (Å²) < 4.78 is 0. The molecule has 0 saturated carbocycles. The maximum absolute atomic E-state index is 10.8. The maximum atomic E-state index is 10.8. The summed E-state index contributed by atoms with van der Waals surface area (Å²) in [5.41, 5.74) is 17.1. The largest absolute Gasteiger partial charge is 0.657 e. The Labute approximate surface area is 338 Å². The molecule has 1 aliphatic rings. The van der Waals surface area contributed by atoms with Crippen LogP contribution < -0.4 is 41.3 Å². The normalized spacial score (nSPS) is 15.6. The molecule has 55 heavy (non-hydrogen) atoms. The first kappa shape index (κ1) is 39.9. The zero-order valence-electron chi connectivity index (χ0n) is 33.8. The number of fused-ring (bicyclic) bond motifs is 8.